The number of carbonyl (C=O) groups is 1. The summed E-state index contributed by atoms with van der Waals surface area (Å²) in [5.74, 6) is -1.99. The molecule has 0 amide bonds. The summed E-state index contributed by atoms with van der Waals surface area (Å²) in [4.78, 5) is 32.8. The number of carboxylic acid groups (broad SMARTS) is 1. The molecule has 2 aromatic heterocycles. The van der Waals surface area contributed by atoms with Crippen LogP contribution in [0.2, 0.25) is 0 Å². The Kier molecular flexibility index (Phi) is 3.02. The van der Waals surface area contributed by atoms with Crippen LogP contribution in [0.1, 0.15) is 16.3 Å². The molecular formula is C13H8N2O7. The Labute approximate surface area is 121 Å². The number of hydrogen-bond acceptors (Lipinski definition) is 6. The maximum Gasteiger partial charge on any atom is 0.420 e. The highest BCUT2D eigenvalue weighted by molar-refractivity contribution is 5.84. The minimum Gasteiger partial charge on any atom is -0.475 e. The average molecular weight is 304 g/mol. The van der Waals surface area contributed by atoms with Gasteiger partial charge in [-0.3, -0.25) is 14.7 Å². The SMILES string of the molecule is O=C(O)c1ccc(Cn2c(=O)oc3ccc([N+](=O)[O-])cc32)o1. The van der Waals surface area contributed by atoms with E-state index in [1.54, 1.807) is 0 Å². The first-order valence-corrected chi connectivity index (χ1v) is 6.05. The van der Waals surface area contributed by atoms with Crippen LogP contribution in [0.5, 0.6) is 0 Å². The lowest BCUT2D eigenvalue weighted by atomic mass is 10.3. The van der Waals surface area contributed by atoms with Crippen molar-refractivity contribution in [1.82, 2.24) is 4.57 Å². The van der Waals surface area contributed by atoms with Gasteiger partial charge in [-0.25, -0.2) is 9.59 Å². The smallest absolute Gasteiger partial charge is 0.420 e. The van der Waals surface area contributed by atoms with Crippen LogP contribution in [0.3, 0.4) is 0 Å². The number of hydrogen-bond donors (Lipinski definition) is 1. The highest BCUT2D eigenvalue weighted by Crippen LogP contribution is 2.21. The molecule has 3 aromatic rings. The van der Waals surface area contributed by atoms with E-state index in [-0.39, 0.29) is 34.9 Å². The summed E-state index contributed by atoms with van der Waals surface area (Å²) in [6.07, 6.45) is 0. The van der Waals surface area contributed by atoms with Crippen molar-refractivity contribution in [3.63, 3.8) is 0 Å². The van der Waals surface area contributed by atoms with Crippen LogP contribution in [0, 0.1) is 10.1 Å². The van der Waals surface area contributed by atoms with Gasteiger partial charge in [0, 0.05) is 12.1 Å². The quantitative estimate of drug-likeness (QED) is 0.575. The van der Waals surface area contributed by atoms with E-state index in [2.05, 4.69) is 0 Å². The molecule has 0 bridgehead atoms. The average Bonchev–Trinajstić information content (AvgIpc) is 3.04. The number of nitro benzene ring substituents is 1. The van der Waals surface area contributed by atoms with Crippen molar-refractivity contribution in [2.75, 3.05) is 0 Å². The number of aromatic carboxylic acids is 1. The molecule has 0 aliphatic heterocycles. The van der Waals surface area contributed by atoms with Gasteiger partial charge in [0.1, 0.15) is 5.76 Å². The Bertz CT molecular complexity index is 947. The van der Waals surface area contributed by atoms with E-state index in [1.807, 2.05) is 0 Å². The summed E-state index contributed by atoms with van der Waals surface area (Å²) in [5.41, 5.74) is 0.237. The van der Waals surface area contributed by atoms with Crippen molar-refractivity contribution in [3.8, 4) is 0 Å². The largest absolute Gasteiger partial charge is 0.475 e. The fourth-order valence-electron chi connectivity index (χ4n) is 2.05. The molecule has 0 aliphatic rings. The lowest BCUT2D eigenvalue weighted by Crippen LogP contribution is -2.14. The number of nitrogens with zero attached hydrogens (tertiary/aromatic N) is 2. The molecule has 22 heavy (non-hydrogen) atoms. The van der Waals surface area contributed by atoms with E-state index >= 15 is 0 Å². The third kappa shape index (κ3) is 2.24. The van der Waals surface area contributed by atoms with Gasteiger partial charge >= 0.3 is 11.7 Å². The van der Waals surface area contributed by atoms with Crippen LogP contribution < -0.4 is 5.76 Å². The van der Waals surface area contributed by atoms with E-state index in [0.29, 0.717) is 0 Å². The summed E-state index contributed by atoms with van der Waals surface area (Å²) in [6, 6.07) is 6.43. The molecule has 0 unspecified atom stereocenters. The van der Waals surface area contributed by atoms with Crippen LogP contribution in [-0.4, -0.2) is 20.6 Å². The molecule has 112 valence electrons. The summed E-state index contributed by atoms with van der Waals surface area (Å²) in [5, 5.41) is 19.6. The van der Waals surface area contributed by atoms with Crippen LogP contribution in [0.4, 0.5) is 5.69 Å². The lowest BCUT2D eigenvalue weighted by Gasteiger charge is -1.99. The maximum absolute atomic E-state index is 11.8. The Morgan fingerprint density at radius 2 is 2.05 bits per heavy atom. The number of aromatic nitrogens is 1. The Balaban J connectivity index is 2.06. The van der Waals surface area contributed by atoms with Gasteiger partial charge in [-0.05, 0) is 18.2 Å². The van der Waals surface area contributed by atoms with E-state index < -0.39 is 16.6 Å². The summed E-state index contributed by atoms with van der Waals surface area (Å²) in [6.45, 7) is -0.0969. The molecule has 0 spiro atoms. The molecule has 0 fully saturated rings. The zero-order valence-corrected chi connectivity index (χ0v) is 10.9. The number of oxazole rings is 1. The number of fused-ring (bicyclic) bond motifs is 1. The molecule has 1 aromatic carbocycles. The minimum atomic E-state index is -1.23. The number of benzene rings is 1. The van der Waals surface area contributed by atoms with E-state index in [4.69, 9.17) is 13.9 Å². The third-order valence-corrected chi connectivity index (χ3v) is 3.05. The minimum absolute atomic E-state index is 0.0969. The lowest BCUT2D eigenvalue weighted by molar-refractivity contribution is -0.384. The van der Waals surface area contributed by atoms with Gasteiger partial charge in [0.15, 0.2) is 5.58 Å². The van der Waals surface area contributed by atoms with E-state index in [9.17, 15) is 19.7 Å². The topological polar surface area (TPSA) is 129 Å². The molecule has 1 N–H and O–H groups in total. The third-order valence-electron chi connectivity index (χ3n) is 3.05. The molecule has 0 atom stereocenters. The zero-order valence-electron chi connectivity index (χ0n) is 10.9. The van der Waals surface area contributed by atoms with E-state index in [0.717, 1.165) is 4.57 Å². The fraction of sp³-hybridized carbons (Fsp3) is 0.0769. The van der Waals surface area contributed by atoms with Gasteiger partial charge in [-0.1, -0.05) is 0 Å². The summed E-state index contributed by atoms with van der Waals surface area (Å²) < 4.78 is 11.2. The van der Waals surface area contributed by atoms with Gasteiger partial charge in [-0.2, -0.15) is 0 Å². The monoisotopic (exact) mass is 304 g/mol. The highest BCUT2D eigenvalue weighted by atomic mass is 16.6. The second kappa shape index (κ2) is 4.88. The molecule has 0 saturated carbocycles. The number of carboxylic acids is 1. The van der Waals surface area contributed by atoms with Crippen molar-refractivity contribution >= 4 is 22.8 Å². The molecule has 3 rings (SSSR count). The zero-order chi connectivity index (χ0) is 15.9. The second-order valence-electron chi connectivity index (χ2n) is 4.43. The molecule has 0 saturated heterocycles. The number of furan rings is 1. The second-order valence-corrected chi connectivity index (χ2v) is 4.43. The highest BCUT2D eigenvalue weighted by Gasteiger charge is 2.16. The van der Waals surface area contributed by atoms with Crippen molar-refractivity contribution in [2.45, 2.75) is 6.54 Å². The summed E-state index contributed by atoms with van der Waals surface area (Å²) >= 11 is 0. The first-order chi connectivity index (χ1) is 10.5. The van der Waals surface area contributed by atoms with Crippen LogP contribution in [-0.2, 0) is 6.54 Å². The van der Waals surface area contributed by atoms with Gasteiger partial charge in [0.05, 0.1) is 17.0 Å². The number of nitro groups is 1. The standard InChI is InChI=1S/C13H8N2O7/c16-12(17)11-4-2-8(21-11)6-14-9-5-7(15(19)20)1-3-10(9)22-13(14)18/h1-5H,6H2,(H,16,17). The first kappa shape index (κ1) is 13.6. The number of non-ortho nitro benzene ring substituents is 1. The Hall–Kier alpha value is -3.36. The molecule has 0 radical (unpaired) electrons. The van der Waals surface area contributed by atoms with E-state index in [1.165, 1.54) is 30.3 Å². The molecule has 0 aliphatic carbocycles. The van der Waals surface area contributed by atoms with Gasteiger partial charge < -0.3 is 13.9 Å². The van der Waals surface area contributed by atoms with Gasteiger partial charge in [-0.15, -0.1) is 0 Å². The summed E-state index contributed by atoms with van der Waals surface area (Å²) in [7, 11) is 0. The fourth-order valence-corrected chi connectivity index (χ4v) is 2.05. The van der Waals surface area contributed by atoms with Crippen molar-refractivity contribution in [1.29, 1.82) is 0 Å². The number of rotatable bonds is 4. The molecule has 2 heterocycles. The van der Waals surface area contributed by atoms with Gasteiger partial charge in [0.2, 0.25) is 5.76 Å². The normalized spacial score (nSPS) is 10.9. The first-order valence-electron chi connectivity index (χ1n) is 6.05. The van der Waals surface area contributed by atoms with Crippen LogP contribution in [0.15, 0.2) is 44.0 Å². The Morgan fingerprint density at radius 3 is 2.68 bits per heavy atom. The van der Waals surface area contributed by atoms with Crippen LogP contribution >= 0.6 is 0 Å². The maximum atomic E-state index is 11.8. The predicted octanol–water partition coefficient (Wildman–Crippen LogP) is 1.84. The van der Waals surface area contributed by atoms with Gasteiger partial charge in [0.25, 0.3) is 5.69 Å². The predicted molar refractivity (Wildman–Crippen MR) is 71.9 cm³/mol. The van der Waals surface area contributed by atoms with Crippen LogP contribution in [0.25, 0.3) is 11.1 Å². The van der Waals surface area contributed by atoms with Crippen molar-refractivity contribution in [3.05, 3.63) is 62.5 Å². The molecule has 9 heteroatoms. The van der Waals surface area contributed by atoms with Crippen molar-refractivity contribution < 1.29 is 23.7 Å². The Morgan fingerprint density at radius 1 is 1.27 bits per heavy atom. The molecule has 9 nitrogen and oxygen atoms in total. The molecular weight excluding hydrogens is 296 g/mol. The van der Waals surface area contributed by atoms with Crippen molar-refractivity contribution in [2.24, 2.45) is 0 Å².